The van der Waals surface area contributed by atoms with E-state index >= 15 is 0 Å². The summed E-state index contributed by atoms with van der Waals surface area (Å²) in [5.74, 6) is -0.0458. The van der Waals surface area contributed by atoms with Crippen molar-refractivity contribution < 1.29 is 18.7 Å². The van der Waals surface area contributed by atoms with Crippen LogP contribution in [0.15, 0.2) is 53.4 Å². The number of hydrogen-bond acceptors (Lipinski definition) is 6. The largest absolute Gasteiger partial charge is 0.496 e. The van der Waals surface area contributed by atoms with Gasteiger partial charge in [0, 0.05) is 35.0 Å². The average Bonchev–Trinajstić information content (AvgIpc) is 3.48. The van der Waals surface area contributed by atoms with Gasteiger partial charge in [0.25, 0.3) is 0 Å². The Morgan fingerprint density at radius 2 is 1.97 bits per heavy atom. The highest BCUT2D eigenvalue weighted by Crippen LogP contribution is 2.41. The highest BCUT2D eigenvalue weighted by Gasteiger charge is 2.41. The van der Waals surface area contributed by atoms with E-state index in [0.717, 1.165) is 41.0 Å². The summed E-state index contributed by atoms with van der Waals surface area (Å²) in [5, 5.41) is 5.63. The number of rotatable bonds is 7. The first-order valence-electron chi connectivity index (χ1n) is 10.2. The molecule has 0 bridgehead atoms. The Morgan fingerprint density at radius 3 is 2.62 bits per heavy atom. The van der Waals surface area contributed by atoms with Gasteiger partial charge >= 0.3 is 5.97 Å². The molecule has 0 amide bonds. The molecule has 3 atom stereocenters. The normalized spacial score (nSPS) is 19.9. The molecule has 3 aromatic rings. The second-order valence-corrected chi connectivity index (χ2v) is 8.39. The number of thiazole rings is 1. The molecule has 0 saturated heterocycles. The Bertz CT molecular complexity index is 1030. The monoisotopic (exact) mass is 476 g/mol. The maximum absolute atomic E-state index is 13.5. The van der Waals surface area contributed by atoms with Crippen molar-refractivity contribution >= 4 is 29.7 Å². The van der Waals surface area contributed by atoms with Gasteiger partial charge in [0.15, 0.2) is 0 Å². The van der Waals surface area contributed by atoms with Crippen molar-refractivity contribution in [2.24, 2.45) is 5.92 Å². The van der Waals surface area contributed by atoms with Crippen LogP contribution in [0.5, 0.6) is 5.75 Å². The van der Waals surface area contributed by atoms with Crippen molar-refractivity contribution in [3.05, 3.63) is 70.3 Å². The quantitative estimate of drug-likeness (QED) is 0.474. The van der Waals surface area contributed by atoms with Gasteiger partial charge in [-0.1, -0.05) is 12.1 Å². The molecule has 1 fully saturated rings. The minimum Gasteiger partial charge on any atom is -0.496 e. The zero-order valence-corrected chi connectivity index (χ0v) is 19.5. The van der Waals surface area contributed by atoms with E-state index < -0.39 is 0 Å². The summed E-state index contributed by atoms with van der Waals surface area (Å²) < 4.78 is 24.1. The summed E-state index contributed by atoms with van der Waals surface area (Å²) in [6, 6.07) is 12.5. The highest BCUT2D eigenvalue weighted by atomic mass is 35.5. The molecule has 4 rings (SSSR count). The third kappa shape index (κ3) is 5.11. The number of aromatic nitrogens is 1. The molecular weight excluding hydrogens is 451 g/mol. The van der Waals surface area contributed by atoms with Gasteiger partial charge in [-0.05, 0) is 48.7 Å². The summed E-state index contributed by atoms with van der Waals surface area (Å²) >= 11 is 1.56. The van der Waals surface area contributed by atoms with Crippen LogP contribution in [0.25, 0.3) is 11.3 Å². The van der Waals surface area contributed by atoms with Gasteiger partial charge in [0.2, 0.25) is 0 Å². The lowest BCUT2D eigenvalue weighted by Crippen LogP contribution is -2.34. The van der Waals surface area contributed by atoms with Gasteiger partial charge in [-0.25, -0.2) is 9.37 Å². The fourth-order valence-corrected chi connectivity index (χ4v) is 5.03. The average molecular weight is 477 g/mol. The lowest BCUT2D eigenvalue weighted by atomic mass is 9.86. The number of ether oxygens (including phenoxy) is 2. The van der Waals surface area contributed by atoms with E-state index in [-0.39, 0.29) is 42.1 Å². The molecule has 32 heavy (non-hydrogen) atoms. The van der Waals surface area contributed by atoms with Crippen molar-refractivity contribution in [1.29, 1.82) is 0 Å². The van der Waals surface area contributed by atoms with Gasteiger partial charge in [-0.15, -0.1) is 23.7 Å². The minimum atomic E-state index is -0.288. The lowest BCUT2D eigenvalue weighted by molar-refractivity contribution is -0.145. The van der Waals surface area contributed by atoms with E-state index in [2.05, 4.69) is 16.4 Å². The van der Waals surface area contributed by atoms with Gasteiger partial charge in [0.1, 0.15) is 11.6 Å². The second kappa shape index (κ2) is 10.9. The number of hydrogen-bond donors (Lipinski definition) is 1. The minimum absolute atomic E-state index is 0. The molecule has 3 unspecified atom stereocenters. The fraction of sp³-hybridized carbons (Fsp3) is 0.333. The molecule has 1 aliphatic carbocycles. The highest BCUT2D eigenvalue weighted by molar-refractivity contribution is 7.07. The number of carbonyl (C=O) groups is 1. The summed E-state index contributed by atoms with van der Waals surface area (Å²) in [5.41, 5.74) is 5.75. The third-order valence-electron chi connectivity index (χ3n) is 5.98. The molecule has 1 aromatic heterocycles. The summed E-state index contributed by atoms with van der Waals surface area (Å²) in [6.45, 7) is 0.581. The molecule has 170 valence electrons. The lowest BCUT2D eigenvalue weighted by Gasteiger charge is -2.25. The van der Waals surface area contributed by atoms with Crippen LogP contribution in [0, 0.1) is 11.7 Å². The zero-order chi connectivity index (χ0) is 21.8. The predicted molar refractivity (Wildman–Crippen MR) is 126 cm³/mol. The van der Waals surface area contributed by atoms with Crippen LogP contribution in [0.2, 0.25) is 0 Å². The van der Waals surface area contributed by atoms with Crippen LogP contribution in [-0.4, -0.2) is 31.2 Å². The summed E-state index contributed by atoms with van der Waals surface area (Å²) in [7, 11) is 3.07. The Hall–Kier alpha value is -2.48. The first kappa shape index (κ1) is 24.2. The number of carbonyl (C=O) groups excluding carboxylic acids is 1. The maximum atomic E-state index is 13.5. The van der Waals surface area contributed by atoms with E-state index in [1.807, 2.05) is 23.0 Å². The summed E-state index contributed by atoms with van der Waals surface area (Å²) in [6.07, 6.45) is 1.55. The molecule has 1 saturated carbocycles. The first-order chi connectivity index (χ1) is 15.1. The van der Waals surface area contributed by atoms with Crippen LogP contribution in [0.1, 0.15) is 29.9 Å². The molecule has 1 aliphatic rings. The molecule has 5 nitrogen and oxygen atoms in total. The molecule has 8 heteroatoms. The number of halogens is 2. The number of nitrogens with one attached hydrogen (secondary N) is 1. The maximum Gasteiger partial charge on any atom is 0.309 e. The van der Waals surface area contributed by atoms with Crippen molar-refractivity contribution in [2.75, 3.05) is 14.2 Å². The van der Waals surface area contributed by atoms with Crippen LogP contribution in [0.3, 0.4) is 0 Å². The molecular formula is C24H26ClFN2O3S. The van der Waals surface area contributed by atoms with E-state index in [1.165, 1.54) is 19.2 Å². The number of esters is 1. The van der Waals surface area contributed by atoms with Crippen LogP contribution < -0.4 is 10.1 Å². The third-order valence-corrected chi connectivity index (χ3v) is 6.56. The molecule has 0 spiro atoms. The van der Waals surface area contributed by atoms with Gasteiger partial charge in [-0.3, -0.25) is 4.79 Å². The molecule has 0 aliphatic heterocycles. The van der Waals surface area contributed by atoms with Crippen molar-refractivity contribution in [3.8, 4) is 17.0 Å². The Labute approximate surface area is 197 Å². The molecule has 1 N–H and O–H groups in total. The second-order valence-electron chi connectivity index (χ2n) is 7.67. The molecule has 0 radical (unpaired) electrons. The van der Waals surface area contributed by atoms with Crippen molar-refractivity contribution in [1.82, 2.24) is 10.3 Å². The standard InChI is InChI=1S/C24H25FN2O3S.ClH/c1-29-22-10-5-16(21-13-31-14-27-21)11-17(22)12-26-20-9-8-19(24(28)30-2)23(20)15-3-6-18(25)7-4-15;/h3-7,10-11,13-14,19-20,23,26H,8-9,12H2,1-2H3;1H. The predicted octanol–water partition coefficient (Wildman–Crippen LogP) is 5.20. The van der Waals surface area contributed by atoms with Crippen LogP contribution in [0.4, 0.5) is 4.39 Å². The Morgan fingerprint density at radius 1 is 1.19 bits per heavy atom. The van der Waals surface area contributed by atoms with Crippen molar-refractivity contribution in [2.45, 2.75) is 31.3 Å². The van der Waals surface area contributed by atoms with E-state index in [1.54, 1.807) is 30.6 Å². The van der Waals surface area contributed by atoms with Crippen LogP contribution in [-0.2, 0) is 16.1 Å². The smallest absolute Gasteiger partial charge is 0.309 e. The first-order valence-corrected chi connectivity index (χ1v) is 11.2. The number of nitrogens with zero attached hydrogens (tertiary/aromatic N) is 1. The van der Waals surface area contributed by atoms with Crippen molar-refractivity contribution in [3.63, 3.8) is 0 Å². The zero-order valence-electron chi connectivity index (χ0n) is 17.9. The van der Waals surface area contributed by atoms with E-state index in [4.69, 9.17) is 9.47 Å². The Balaban J connectivity index is 0.00000289. The summed E-state index contributed by atoms with van der Waals surface area (Å²) in [4.78, 5) is 16.8. The van der Waals surface area contributed by atoms with E-state index in [9.17, 15) is 9.18 Å². The Kier molecular flexibility index (Phi) is 8.23. The number of benzene rings is 2. The van der Waals surface area contributed by atoms with Crippen LogP contribution >= 0.6 is 23.7 Å². The molecule has 2 aromatic carbocycles. The SMILES string of the molecule is COC(=O)C1CCC(NCc2cc(-c3cscn3)ccc2OC)C1c1ccc(F)cc1.Cl. The van der Waals surface area contributed by atoms with Gasteiger partial charge in [-0.2, -0.15) is 0 Å². The van der Waals surface area contributed by atoms with Gasteiger partial charge in [0.05, 0.1) is 31.3 Å². The number of methoxy groups -OCH3 is 2. The fourth-order valence-electron chi connectivity index (χ4n) is 4.47. The molecule has 1 heterocycles. The topological polar surface area (TPSA) is 60.5 Å². The van der Waals surface area contributed by atoms with Gasteiger partial charge < -0.3 is 14.8 Å². The van der Waals surface area contributed by atoms with E-state index in [0.29, 0.717) is 6.54 Å².